The van der Waals surface area contributed by atoms with Crippen molar-refractivity contribution in [1.82, 2.24) is 5.32 Å². The van der Waals surface area contributed by atoms with E-state index >= 15 is 0 Å². The van der Waals surface area contributed by atoms with Crippen LogP contribution in [0.25, 0.3) is 0 Å². The van der Waals surface area contributed by atoms with E-state index in [2.05, 4.69) is 42.8 Å². The SMILES string of the molecule is CCN(CC)c1ccc(C(=O)Oc2ccc(C(=O)CNC(C)(C)C)cc2OC(=O)c2ccc(N(CC)CC)cc2)cc1. The molecule has 8 nitrogen and oxygen atoms in total. The van der Waals surface area contributed by atoms with Crippen molar-refractivity contribution >= 4 is 29.1 Å². The second kappa shape index (κ2) is 14.6. The number of nitrogens with one attached hydrogen (secondary N) is 1. The number of rotatable bonds is 13. The van der Waals surface area contributed by atoms with Gasteiger partial charge in [0.1, 0.15) is 0 Å². The number of hydrogen-bond acceptors (Lipinski definition) is 8. The number of hydrogen-bond donors (Lipinski definition) is 1. The van der Waals surface area contributed by atoms with Crippen molar-refractivity contribution in [1.29, 1.82) is 0 Å². The molecule has 0 fully saturated rings. The van der Waals surface area contributed by atoms with Gasteiger partial charge < -0.3 is 24.6 Å². The highest BCUT2D eigenvalue weighted by Crippen LogP contribution is 2.31. The highest BCUT2D eigenvalue weighted by molar-refractivity contribution is 5.99. The van der Waals surface area contributed by atoms with Gasteiger partial charge in [-0.1, -0.05) is 0 Å². The van der Waals surface area contributed by atoms with Crippen molar-refractivity contribution in [2.45, 2.75) is 54.0 Å². The fraction of sp³-hybridized carbons (Fsp3) is 0.382. The largest absolute Gasteiger partial charge is 0.419 e. The van der Waals surface area contributed by atoms with Crippen molar-refractivity contribution in [3.8, 4) is 11.5 Å². The number of ether oxygens (including phenoxy) is 2. The lowest BCUT2D eigenvalue weighted by atomic mass is 10.1. The average Bonchev–Trinajstić information content (AvgIpc) is 2.98. The Bertz CT molecular complexity index is 1350. The van der Waals surface area contributed by atoms with Crippen LogP contribution >= 0.6 is 0 Å². The van der Waals surface area contributed by atoms with Gasteiger partial charge in [0.2, 0.25) is 0 Å². The molecular formula is C34H43N3O5. The molecule has 8 heteroatoms. The van der Waals surface area contributed by atoms with E-state index in [0.717, 1.165) is 37.6 Å². The van der Waals surface area contributed by atoms with E-state index in [9.17, 15) is 14.4 Å². The van der Waals surface area contributed by atoms with Gasteiger partial charge in [0.25, 0.3) is 0 Å². The van der Waals surface area contributed by atoms with Gasteiger partial charge in [0.05, 0.1) is 17.7 Å². The van der Waals surface area contributed by atoms with Crippen LogP contribution in [0.1, 0.15) is 79.5 Å². The molecule has 3 aromatic carbocycles. The zero-order valence-electron chi connectivity index (χ0n) is 25.8. The number of carbonyl (C=O) groups excluding carboxylic acids is 3. The molecule has 0 amide bonds. The number of anilines is 2. The van der Waals surface area contributed by atoms with Crippen molar-refractivity contribution in [3.63, 3.8) is 0 Å². The third-order valence-corrected chi connectivity index (χ3v) is 6.91. The molecule has 0 aliphatic heterocycles. The summed E-state index contributed by atoms with van der Waals surface area (Å²) in [5.74, 6) is -1.38. The van der Waals surface area contributed by atoms with Crippen molar-refractivity contribution in [2.24, 2.45) is 0 Å². The Balaban J connectivity index is 1.88. The standard InChI is InChI=1S/C34H43N3O5/c1-8-36(9-2)27-17-12-24(13-18-27)32(39)41-30-21-16-26(29(38)23-35-34(5,6)7)22-31(30)42-33(40)25-14-19-28(20-15-25)37(10-3)11-4/h12-22,35H,8-11,23H2,1-7H3. The molecule has 42 heavy (non-hydrogen) atoms. The van der Waals surface area contributed by atoms with E-state index in [1.807, 2.05) is 45.0 Å². The first-order valence-corrected chi connectivity index (χ1v) is 14.6. The van der Waals surface area contributed by atoms with Crippen molar-refractivity contribution < 1.29 is 23.9 Å². The Morgan fingerprint density at radius 2 is 1.02 bits per heavy atom. The first-order valence-electron chi connectivity index (χ1n) is 14.6. The molecule has 0 spiro atoms. The van der Waals surface area contributed by atoms with Gasteiger partial charge >= 0.3 is 11.9 Å². The van der Waals surface area contributed by atoms with Crippen LogP contribution in [0.2, 0.25) is 0 Å². The highest BCUT2D eigenvalue weighted by atomic mass is 16.6. The number of nitrogens with zero attached hydrogens (tertiary/aromatic N) is 2. The molecule has 0 bridgehead atoms. The number of ketones is 1. The molecule has 224 valence electrons. The van der Waals surface area contributed by atoms with Gasteiger partial charge in [-0.2, -0.15) is 0 Å². The van der Waals surface area contributed by atoms with Crippen LogP contribution < -0.4 is 24.6 Å². The molecular weight excluding hydrogens is 530 g/mol. The number of benzene rings is 3. The van der Waals surface area contributed by atoms with Gasteiger partial charge in [-0.05, 0) is 115 Å². The second-order valence-electron chi connectivity index (χ2n) is 10.9. The van der Waals surface area contributed by atoms with E-state index in [0.29, 0.717) is 16.7 Å². The topological polar surface area (TPSA) is 88.2 Å². The van der Waals surface area contributed by atoms with E-state index in [-0.39, 0.29) is 29.4 Å². The number of esters is 2. The Morgan fingerprint density at radius 3 is 1.43 bits per heavy atom. The van der Waals surface area contributed by atoms with Gasteiger partial charge in [-0.3, -0.25) is 4.79 Å². The zero-order chi connectivity index (χ0) is 30.9. The maximum Gasteiger partial charge on any atom is 0.343 e. The molecule has 0 aliphatic rings. The van der Waals surface area contributed by atoms with Crippen LogP contribution in [0.3, 0.4) is 0 Å². The van der Waals surface area contributed by atoms with E-state index in [1.165, 1.54) is 12.1 Å². The van der Waals surface area contributed by atoms with Crippen LogP contribution in [-0.4, -0.2) is 56.0 Å². The van der Waals surface area contributed by atoms with Crippen molar-refractivity contribution in [2.75, 3.05) is 42.5 Å². The van der Waals surface area contributed by atoms with Gasteiger partial charge in [0, 0.05) is 48.7 Å². The summed E-state index contributed by atoms with van der Waals surface area (Å²) in [5.41, 5.74) is 2.77. The smallest absolute Gasteiger partial charge is 0.343 e. The normalized spacial score (nSPS) is 11.1. The maximum atomic E-state index is 13.2. The Hall–Kier alpha value is -4.17. The predicted molar refractivity (Wildman–Crippen MR) is 168 cm³/mol. The molecule has 0 radical (unpaired) electrons. The monoisotopic (exact) mass is 573 g/mol. The summed E-state index contributed by atoms with van der Waals surface area (Å²) in [6.45, 7) is 17.7. The molecule has 3 aromatic rings. The second-order valence-corrected chi connectivity index (χ2v) is 10.9. The lowest BCUT2D eigenvalue weighted by Crippen LogP contribution is -2.39. The lowest BCUT2D eigenvalue weighted by molar-refractivity contribution is 0.0682. The molecule has 1 N–H and O–H groups in total. The summed E-state index contributed by atoms with van der Waals surface area (Å²) in [4.78, 5) is 43.5. The summed E-state index contributed by atoms with van der Waals surface area (Å²) in [7, 11) is 0. The molecule has 0 saturated carbocycles. The minimum Gasteiger partial charge on any atom is -0.419 e. The van der Waals surface area contributed by atoms with E-state index in [1.54, 1.807) is 30.3 Å². The molecule has 0 saturated heterocycles. The number of carbonyl (C=O) groups is 3. The first-order chi connectivity index (χ1) is 20.0. The van der Waals surface area contributed by atoms with Crippen LogP contribution in [0.5, 0.6) is 11.5 Å². The molecule has 0 atom stereocenters. The average molecular weight is 574 g/mol. The van der Waals surface area contributed by atoms with Crippen LogP contribution in [0.15, 0.2) is 66.7 Å². The summed E-state index contributed by atoms with van der Waals surface area (Å²) < 4.78 is 11.4. The van der Waals surface area contributed by atoms with E-state index in [4.69, 9.17) is 9.47 Å². The maximum absolute atomic E-state index is 13.2. The van der Waals surface area contributed by atoms with E-state index < -0.39 is 11.9 Å². The summed E-state index contributed by atoms with van der Waals surface area (Å²) in [5, 5.41) is 3.17. The zero-order valence-corrected chi connectivity index (χ0v) is 25.8. The summed E-state index contributed by atoms with van der Waals surface area (Å²) >= 11 is 0. The molecule has 0 aromatic heterocycles. The minimum atomic E-state index is -0.626. The van der Waals surface area contributed by atoms with Crippen LogP contribution in [-0.2, 0) is 0 Å². The highest BCUT2D eigenvalue weighted by Gasteiger charge is 2.20. The fourth-order valence-electron chi connectivity index (χ4n) is 4.40. The quantitative estimate of drug-likeness (QED) is 0.143. The van der Waals surface area contributed by atoms with Gasteiger partial charge in [-0.15, -0.1) is 0 Å². The van der Waals surface area contributed by atoms with Gasteiger partial charge in [-0.25, -0.2) is 9.59 Å². The summed E-state index contributed by atoms with van der Waals surface area (Å²) in [6, 6.07) is 18.8. The lowest BCUT2D eigenvalue weighted by Gasteiger charge is -2.21. The Labute approximate surface area is 249 Å². The molecule has 0 aliphatic carbocycles. The molecule has 0 unspecified atom stereocenters. The van der Waals surface area contributed by atoms with Crippen molar-refractivity contribution in [3.05, 3.63) is 83.4 Å². The number of Topliss-reactive ketones (excluding diaryl/α,β-unsaturated/α-hetero) is 1. The third-order valence-electron chi connectivity index (χ3n) is 6.91. The summed E-state index contributed by atoms with van der Waals surface area (Å²) in [6.07, 6.45) is 0. The Morgan fingerprint density at radius 1 is 0.619 bits per heavy atom. The minimum absolute atomic E-state index is 0.0115. The fourth-order valence-corrected chi connectivity index (χ4v) is 4.40. The van der Waals surface area contributed by atoms with Gasteiger partial charge in [0.15, 0.2) is 17.3 Å². The van der Waals surface area contributed by atoms with Crippen LogP contribution in [0, 0.1) is 0 Å². The Kier molecular flexibility index (Phi) is 11.3. The molecule has 0 heterocycles. The van der Waals surface area contributed by atoms with Crippen LogP contribution in [0.4, 0.5) is 11.4 Å². The predicted octanol–water partition coefficient (Wildman–Crippen LogP) is 6.39. The molecule has 3 rings (SSSR count). The third kappa shape index (κ3) is 8.66. The first kappa shape index (κ1) is 32.3.